The zero-order valence-corrected chi connectivity index (χ0v) is 21.9. The second-order valence-electron chi connectivity index (χ2n) is 11.4. The van der Waals surface area contributed by atoms with Gasteiger partial charge in [0.05, 0.1) is 19.1 Å². The number of piperidine rings is 2. The van der Waals surface area contributed by atoms with Crippen LogP contribution < -0.4 is 4.74 Å². The van der Waals surface area contributed by atoms with E-state index in [4.69, 9.17) is 9.47 Å². The molecule has 7 heteroatoms. The van der Waals surface area contributed by atoms with Crippen molar-refractivity contribution in [3.8, 4) is 5.75 Å². The van der Waals surface area contributed by atoms with Crippen molar-refractivity contribution in [2.75, 3.05) is 13.7 Å². The van der Waals surface area contributed by atoms with Crippen molar-refractivity contribution in [2.45, 2.75) is 95.5 Å². The Kier molecular flexibility index (Phi) is 7.71. The summed E-state index contributed by atoms with van der Waals surface area (Å²) >= 11 is 0. The van der Waals surface area contributed by atoms with Crippen molar-refractivity contribution < 1.29 is 27.4 Å². The summed E-state index contributed by atoms with van der Waals surface area (Å²) in [5.74, 6) is 0.434. The number of rotatable bonds is 6. The van der Waals surface area contributed by atoms with Crippen LogP contribution in [0.15, 0.2) is 30.3 Å². The van der Waals surface area contributed by atoms with Gasteiger partial charge in [-0.25, -0.2) is 0 Å². The minimum absolute atomic E-state index is 0.0218. The Labute approximate surface area is 217 Å². The van der Waals surface area contributed by atoms with Gasteiger partial charge in [0.15, 0.2) is 0 Å². The van der Waals surface area contributed by atoms with Crippen molar-refractivity contribution in [3.05, 3.63) is 41.5 Å². The summed E-state index contributed by atoms with van der Waals surface area (Å²) in [6, 6.07) is 9.37. The van der Waals surface area contributed by atoms with E-state index in [1.807, 2.05) is 12.1 Å². The van der Waals surface area contributed by atoms with Crippen molar-refractivity contribution in [3.63, 3.8) is 0 Å². The third kappa shape index (κ3) is 5.76. The quantitative estimate of drug-likeness (QED) is 0.381. The Morgan fingerprint density at radius 1 is 1.00 bits per heavy atom. The number of hydrogen-bond donors (Lipinski definition) is 0. The highest BCUT2D eigenvalue weighted by Gasteiger charge is 2.41. The first kappa shape index (κ1) is 26.3. The van der Waals surface area contributed by atoms with Gasteiger partial charge >= 0.3 is 12.1 Å². The van der Waals surface area contributed by atoms with E-state index >= 15 is 0 Å². The van der Waals surface area contributed by atoms with Gasteiger partial charge in [0.25, 0.3) is 0 Å². The number of ether oxygens (including phenoxy) is 2. The van der Waals surface area contributed by atoms with Crippen molar-refractivity contribution in [1.82, 2.24) is 4.90 Å². The summed E-state index contributed by atoms with van der Waals surface area (Å²) < 4.78 is 53.6. The third-order valence-corrected chi connectivity index (χ3v) is 8.91. The predicted molar refractivity (Wildman–Crippen MR) is 138 cm³/mol. The van der Waals surface area contributed by atoms with Crippen LogP contribution in [0.2, 0.25) is 0 Å². The smallest absolute Gasteiger partial charge is 0.420 e. The Morgan fingerprint density at radius 2 is 1.70 bits per heavy atom. The van der Waals surface area contributed by atoms with Gasteiger partial charge in [-0.15, -0.1) is 0 Å². The maximum Gasteiger partial charge on any atom is 0.420 e. The molecule has 2 aromatic rings. The first-order valence-electron chi connectivity index (χ1n) is 13.9. The van der Waals surface area contributed by atoms with Crippen LogP contribution in [0.4, 0.5) is 13.2 Å². The maximum atomic E-state index is 14.2. The minimum Gasteiger partial charge on any atom is -0.490 e. The van der Waals surface area contributed by atoms with E-state index in [0.29, 0.717) is 23.4 Å². The van der Waals surface area contributed by atoms with Gasteiger partial charge in [0.1, 0.15) is 11.3 Å². The summed E-state index contributed by atoms with van der Waals surface area (Å²) in [6.45, 7) is 3.03. The number of nitrogens with zero attached hydrogens (tertiary/aromatic N) is 1. The number of carbonyl (C=O) groups excluding carboxylic acids is 1. The van der Waals surface area contributed by atoms with Gasteiger partial charge in [-0.2, -0.15) is 13.2 Å². The van der Waals surface area contributed by atoms with Gasteiger partial charge in [-0.3, -0.25) is 9.69 Å². The van der Waals surface area contributed by atoms with Crippen LogP contribution in [-0.4, -0.2) is 42.7 Å². The Balaban J connectivity index is 1.32. The topological polar surface area (TPSA) is 38.8 Å². The molecule has 0 N–H and O–H groups in total. The molecule has 2 saturated heterocycles. The molecule has 1 aliphatic carbocycles. The molecule has 202 valence electrons. The van der Waals surface area contributed by atoms with Crippen LogP contribution in [0.1, 0.15) is 75.8 Å². The standard InChI is InChI=1S/C30H38F3NO3/c1-19-6-10-25(11-7-19)37-27-13-9-21-16-20(8-12-26(21)28(27)30(31,32)33)14-15-34-23-4-3-5-24(34)18-22(17-23)29(35)36-2/h8-9,12-13,16,19,22-25H,3-7,10-11,14-15,17-18H2,1-2H3/t19-,22?,23?,24?,25+. The van der Waals surface area contributed by atoms with E-state index in [1.165, 1.54) is 19.6 Å². The fourth-order valence-corrected chi connectivity index (χ4v) is 6.89. The Morgan fingerprint density at radius 3 is 2.35 bits per heavy atom. The summed E-state index contributed by atoms with van der Waals surface area (Å²) in [5, 5.41) is 0.799. The summed E-state index contributed by atoms with van der Waals surface area (Å²) in [6.07, 6.45) is 4.72. The SMILES string of the molecule is COC(=O)C1CC2CCCC(C1)N2CCc1ccc2c(C(F)(F)F)c(O[C@H]3CC[C@@H](C)CC3)ccc2c1. The second-order valence-corrected chi connectivity index (χ2v) is 11.4. The van der Waals surface area contributed by atoms with Gasteiger partial charge in [-0.05, 0) is 86.1 Å². The minimum atomic E-state index is -4.49. The van der Waals surface area contributed by atoms with Crippen LogP contribution in [0.25, 0.3) is 10.8 Å². The van der Waals surface area contributed by atoms with Crippen LogP contribution in [0.5, 0.6) is 5.75 Å². The molecule has 0 aromatic heterocycles. The fraction of sp³-hybridized carbons (Fsp3) is 0.633. The third-order valence-electron chi connectivity index (χ3n) is 8.91. The number of carbonyl (C=O) groups is 1. The zero-order valence-electron chi connectivity index (χ0n) is 21.9. The van der Waals surface area contributed by atoms with E-state index in [0.717, 1.165) is 69.9 Å². The predicted octanol–water partition coefficient (Wildman–Crippen LogP) is 7.16. The van der Waals surface area contributed by atoms with Gasteiger partial charge in [-0.1, -0.05) is 37.6 Å². The van der Waals surface area contributed by atoms with Crippen LogP contribution in [-0.2, 0) is 22.1 Å². The maximum absolute atomic E-state index is 14.2. The Hall–Kier alpha value is -2.28. The number of fused-ring (bicyclic) bond motifs is 3. The van der Waals surface area contributed by atoms with Crippen LogP contribution in [0, 0.1) is 11.8 Å². The largest absolute Gasteiger partial charge is 0.490 e. The lowest BCUT2D eigenvalue weighted by Crippen LogP contribution is -2.53. The summed E-state index contributed by atoms with van der Waals surface area (Å²) in [4.78, 5) is 14.6. The number of benzene rings is 2. The monoisotopic (exact) mass is 517 g/mol. The van der Waals surface area contributed by atoms with E-state index in [2.05, 4.69) is 11.8 Å². The molecule has 2 aliphatic heterocycles. The van der Waals surface area contributed by atoms with Crippen molar-refractivity contribution >= 4 is 16.7 Å². The molecular weight excluding hydrogens is 479 g/mol. The zero-order chi connectivity index (χ0) is 26.2. The molecule has 37 heavy (non-hydrogen) atoms. The van der Waals surface area contributed by atoms with Crippen LogP contribution >= 0.6 is 0 Å². The van der Waals surface area contributed by atoms with Gasteiger partial charge < -0.3 is 9.47 Å². The van der Waals surface area contributed by atoms with Gasteiger partial charge in [0, 0.05) is 18.6 Å². The summed E-state index contributed by atoms with van der Waals surface area (Å²) in [5.41, 5.74) is 0.373. The highest BCUT2D eigenvalue weighted by atomic mass is 19.4. The number of alkyl halides is 3. The molecule has 0 radical (unpaired) electrons. The number of hydrogen-bond acceptors (Lipinski definition) is 4. The van der Waals surface area contributed by atoms with E-state index < -0.39 is 11.7 Å². The van der Waals surface area contributed by atoms with E-state index in [1.54, 1.807) is 12.1 Å². The van der Waals surface area contributed by atoms with Crippen molar-refractivity contribution in [1.29, 1.82) is 0 Å². The highest BCUT2D eigenvalue weighted by molar-refractivity contribution is 5.89. The number of esters is 1. The van der Waals surface area contributed by atoms with Gasteiger partial charge in [0.2, 0.25) is 0 Å². The molecule has 2 atom stereocenters. The molecule has 2 heterocycles. The second kappa shape index (κ2) is 10.8. The highest BCUT2D eigenvalue weighted by Crippen LogP contribution is 2.43. The summed E-state index contributed by atoms with van der Waals surface area (Å²) in [7, 11) is 1.46. The molecule has 1 saturated carbocycles. The average molecular weight is 518 g/mol. The molecule has 0 spiro atoms. The number of methoxy groups -OCH3 is 1. The lowest BCUT2D eigenvalue weighted by molar-refractivity contribution is -0.150. The first-order valence-corrected chi connectivity index (χ1v) is 13.9. The normalized spacial score (nSPS) is 28.7. The fourth-order valence-electron chi connectivity index (χ4n) is 6.89. The van der Waals surface area contributed by atoms with E-state index in [9.17, 15) is 18.0 Å². The molecule has 2 unspecified atom stereocenters. The van der Waals surface area contributed by atoms with Crippen LogP contribution in [0.3, 0.4) is 0 Å². The number of halogens is 3. The van der Waals surface area contributed by atoms with Crippen molar-refractivity contribution in [2.24, 2.45) is 11.8 Å². The molecule has 2 aromatic carbocycles. The molecule has 0 amide bonds. The molecule has 3 aliphatic rings. The molecule has 5 rings (SSSR count). The Bertz CT molecular complexity index is 1100. The average Bonchev–Trinajstić information content (AvgIpc) is 2.86. The molecule has 3 fully saturated rings. The molecule has 2 bridgehead atoms. The van der Waals surface area contributed by atoms with E-state index in [-0.39, 0.29) is 29.1 Å². The lowest BCUT2D eigenvalue weighted by Gasteiger charge is -2.48. The molecular formula is C30H38F3NO3. The first-order chi connectivity index (χ1) is 17.7. The lowest BCUT2D eigenvalue weighted by atomic mass is 9.78. The molecule has 4 nitrogen and oxygen atoms in total.